The number of hydrogen-bond acceptors (Lipinski definition) is 6. The van der Waals surface area contributed by atoms with Crippen LogP contribution in [-0.2, 0) is 4.74 Å². The Balaban J connectivity index is 1.34. The fraction of sp³-hybridized carbons (Fsp3) is 0.385. The molecule has 0 aliphatic carbocycles. The van der Waals surface area contributed by atoms with Crippen molar-refractivity contribution in [1.82, 2.24) is 20.2 Å². The second-order valence-corrected chi connectivity index (χ2v) is 9.32. The van der Waals surface area contributed by atoms with Crippen molar-refractivity contribution in [3.05, 3.63) is 42.5 Å². The van der Waals surface area contributed by atoms with E-state index in [4.69, 9.17) is 14.5 Å². The Morgan fingerprint density at radius 3 is 2.56 bits per heavy atom. The smallest absolute Gasteiger partial charge is 0.419 e. The van der Waals surface area contributed by atoms with E-state index in [9.17, 15) is 4.79 Å². The van der Waals surface area contributed by atoms with Crippen LogP contribution in [0.4, 0.5) is 10.5 Å². The van der Waals surface area contributed by atoms with Gasteiger partial charge < -0.3 is 24.3 Å². The molecule has 0 radical (unpaired) electrons. The number of H-pyrrole nitrogens is 1. The molecule has 178 valence electrons. The minimum absolute atomic E-state index is 0.148. The summed E-state index contributed by atoms with van der Waals surface area (Å²) in [6.07, 6.45) is -0.578. The number of anilines is 1. The van der Waals surface area contributed by atoms with Gasteiger partial charge in [-0.15, -0.1) is 0 Å². The molecule has 1 aliphatic heterocycles. The monoisotopic (exact) mass is 461 g/mol. The lowest BCUT2D eigenvalue weighted by Crippen LogP contribution is -2.44. The maximum Gasteiger partial charge on any atom is 0.419 e. The molecule has 8 heteroatoms. The molecule has 1 fully saturated rings. The highest BCUT2D eigenvalue weighted by atomic mass is 16.6. The average Bonchev–Trinajstić information content (AvgIpc) is 3.22. The Kier molecular flexibility index (Phi) is 6.94. The van der Waals surface area contributed by atoms with E-state index < -0.39 is 11.7 Å². The number of hydrogen-bond donors (Lipinski definition) is 2. The van der Waals surface area contributed by atoms with Crippen LogP contribution < -0.4 is 15.0 Å². The first kappa shape index (κ1) is 23.5. The summed E-state index contributed by atoms with van der Waals surface area (Å²) in [4.78, 5) is 24.5. The molecule has 0 atom stereocenters. The number of carbonyl (C=O) groups excluding carboxylic acids is 1. The Bertz CT molecular complexity index is 1190. The van der Waals surface area contributed by atoms with Crippen LogP contribution in [0.3, 0.4) is 0 Å². The van der Waals surface area contributed by atoms with E-state index >= 15 is 0 Å². The van der Waals surface area contributed by atoms with Gasteiger partial charge >= 0.3 is 6.09 Å². The summed E-state index contributed by atoms with van der Waals surface area (Å²) >= 11 is 0. The molecule has 0 bridgehead atoms. The molecule has 1 amide bonds. The molecule has 1 saturated heterocycles. The van der Waals surface area contributed by atoms with Gasteiger partial charge in [0.2, 0.25) is 0 Å². The summed E-state index contributed by atoms with van der Waals surface area (Å²) in [7, 11) is 2.16. The molecule has 1 aliphatic rings. The molecule has 8 nitrogen and oxygen atoms in total. The van der Waals surface area contributed by atoms with Gasteiger partial charge in [-0.2, -0.15) is 0 Å². The van der Waals surface area contributed by atoms with Crippen LogP contribution in [0, 0.1) is 12.0 Å². The molecule has 2 aromatic carbocycles. The molecule has 2 heterocycles. The lowest BCUT2D eigenvalue weighted by molar-refractivity contribution is 0.0557. The van der Waals surface area contributed by atoms with Crippen molar-refractivity contribution in [3.63, 3.8) is 0 Å². The van der Waals surface area contributed by atoms with E-state index in [0.717, 1.165) is 48.6 Å². The summed E-state index contributed by atoms with van der Waals surface area (Å²) in [6, 6.07) is 16.6. The van der Waals surface area contributed by atoms with E-state index in [1.54, 1.807) is 20.8 Å². The Morgan fingerprint density at radius 1 is 1.12 bits per heavy atom. The van der Waals surface area contributed by atoms with Crippen molar-refractivity contribution in [2.75, 3.05) is 44.7 Å². The fourth-order valence-electron chi connectivity index (χ4n) is 3.66. The van der Waals surface area contributed by atoms with Gasteiger partial charge in [0.1, 0.15) is 17.2 Å². The number of imidazole rings is 1. The summed E-state index contributed by atoms with van der Waals surface area (Å²) in [5.41, 5.74) is 3.61. The second kappa shape index (κ2) is 10.1. The molecule has 0 unspecified atom stereocenters. The molecule has 34 heavy (non-hydrogen) atoms. The number of carbonyl (C=O) groups is 1. The molecule has 0 saturated carbocycles. The maximum absolute atomic E-state index is 11.6. The van der Waals surface area contributed by atoms with Crippen LogP contribution in [-0.4, -0.2) is 66.4 Å². The number of piperazine rings is 1. The standard InChI is InChI=1S/C26H31N5O3/c1-26(2,3)34-25(32)27-12-5-17-33-21-9-6-19(7-10-21)24-28-22-11-8-20(18-23(22)29-24)31-15-13-30(4)14-16-31/h6-11,18H,13-17H2,1-4H3,(H,27,32)(H,28,29). The lowest BCUT2D eigenvalue weighted by atomic mass is 10.2. The van der Waals surface area contributed by atoms with Crippen molar-refractivity contribution in [2.45, 2.75) is 26.4 Å². The second-order valence-electron chi connectivity index (χ2n) is 9.32. The number of alkyl carbamates (subject to hydrolysis) is 1. The van der Waals surface area contributed by atoms with E-state index in [-0.39, 0.29) is 6.61 Å². The first-order valence-electron chi connectivity index (χ1n) is 11.4. The van der Waals surface area contributed by atoms with Crippen LogP contribution in [0.2, 0.25) is 0 Å². The summed E-state index contributed by atoms with van der Waals surface area (Å²) in [5.74, 6) is 4.24. The van der Waals surface area contributed by atoms with E-state index in [1.807, 2.05) is 24.3 Å². The van der Waals surface area contributed by atoms with Crippen LogP contribution in [0.5, 0.6) is 5.75 Å². The minimum Gasteiger partial charge on any atom is -0.481 e. The topological polar surface area (TPSA) is 82.7 Å². The third kappa shape index (κ3) is 6.21. The zero-order valence-corrected chi connectivity index (χ0v) is 20.1. The van der Waals surface area contributed by atoms with E-state index in [1.165, 1.54) is 5.69 Å². The Labute approximate surface area is 200 Å². The predicted molar refractivity (Wildman–Crippen MR) is 134 cm³/mol. The maximum atomic E-state index is 11.6. The molecular formula is C26H31N5O3. The predicted octanol–water partition coefficient (Wildman–Crippen LogP) is 3.85. The molecule has 1 aromatic heterocycles. The van der Waals surface area contributed by atoms with E-state index in [2.05, 4.69) is 57.3 Å². The molecule has 4 rings (SSSR count). The zero-order chi connectivity index (χ0) is 24.1. The highest BCUT2D eigenvalue weighted by Gasteiger charge is 2.16. The summed E-state index contributed by atoms with van der Waals surface area (Å²) < 4.78 is 10.7. The zero-order valence-electron chi connectivity index (χ0n) is 20.1. The quantitative estimate of drug-likeness (QED) is 0.454. The van der Waals surface area contributed by atoms with Crippen molar-refractivity contribution in [2.24, 2.45) is 0 Å². The Hall–Kier alpha value is -3.70. The highest BCUT2D eigenvalue weighted by molar-refractivity contribution is 5.83. The number of nitrogens with one attached hydrogen (secondary N) is 2. The molecule has 2 N–H and O–H groups in total. The van der Waals surface area contributed by atoms with Gasteiger partial charge in [-0.1, -0.05) is 0 Å². The lowest BCUT2D eigenvalue weighted by Gasteiger charge is -2.34. The highest BCUT2D eigenvalue weighted by Crippen LogP contribution is 2.26. The van der Waals surface area contributed by atoms with Gasteiger partial charge in [0.25, 0.3) is 0 Å². The number of rotatable bonds is 4. The Morgan fingerprint density at radius 2 is 1.85 bits per heavy atom. The minimum atomic E-state index is -0.578. The summed E-state index contributed by atoms with van der Waals surface area (Å²) in [6.45, 7) is 9.75. The van der Waals surface area contributed by atoms with Crippen LogP contribution in [0.15, 0.2) is 42.5 Å². The average molecular weight is 462 g/mol. The molecule has 3 aromatic rings. The number of aromatic nitrogens is 2. The third-order valence-corrected chi connectivity index (χ3v) is 5.42. The van der Waals surface area contributed by atoms with Crippen molar-refractivity contribution in [1.29, 1.82) is 0 Å². The van der Waals surface area contributed by atoms with Gasteiger partial charge in [-0.3, -0.25) is 0 Å². The largest absolute Gasteiger partial charge is 0.481 e. The first-order chi connectivity index (χ1) is 16.3. The number of ether oxygens (including phenoxy) is 2. The van der Waals surface area contributed by atoms with Gasteiger partial charge in [0.05, 0.1) is 11.0 Å². The molecule has 0 spiro atoms. The van der Waals surface area contributed by atoms with Crippen LogP contribution in [0.25, 0.3) is 22.4 Å². The molecular weight excluding hydrogens is 430 g/mol. The van der Waals surface area contributed by atoms with Crippen molar-refractivity contribution < 1.29 is 14.3 Å². The van der Waals surface area contributed by atoms with Crippen LogP contribution >= 0.6 is 0 Å². The van der Waals surface area contributed by atoms with Gasteiger partial charge in [-0.25, -0.2) is 15.1 Å². The SMILES string of the molecule is CN1CCN(c2ccc3nc(-c4ccc(OCC#CNC(=O)OC(C)(C)C)cc4)[nH]c3c2)CC1. The summed E-state index contributed by atoms with van der Waals surface area (Å²) in [5, 5.41) is 2.38. The van der Waals surface area contributed by atoms with Crippen molar-refractivity contribution >= 4 is 22.8 Å². The fourth-order valence-corrected chi connectivity index (χ4v) is 3.66. The van der Waals surface area contributed by atoms with Gasteiger partial charge in [0.15, 0.2) is 6.61 Å². The third-order valence-electron chi connectivity index (χ3n) is 5.42. The number of aromatic amines is 1. The number of likely N-dealkylation sites (N-methyl/N-ethyl adjacent to an activating group) is 1. The normalized spacial score (nSPS) is 14.4. The van der Waals surface area contributed by atoms with Gasteiger partial charge in [0, 0.05) is 43.5 Å². The number of fused-ring (bicyclic) bond motifs is 1. The first-order valence-corrected chi connectivity index (χ1v) is 11.4. The van der Waals surface area contributed by atoms with Crippen molar-refractivity contribution in [3.8, 4) is 29.1 Å². The number of benzene rings is 2. The van der Waals surface area contributed by atoms with Gasteiger partial charge in [-0.05, 0) is 76.2 Å². The van der Waals surface area contributed by atoms with Crippen LogP contribution in [0.1, 0.15) is 20.8 Å². The number of nitrogens with zero attached hydrogens (tertiary/aromatic N) is 3. The number of amides is 1. The van der Waals surface area contributed by atoms with E-state index in [0.29, 0.717) is 5.75 Å².